The molecule has 0 unspecified atom stereocenters. The highest BCUT2D eigenvalue weighted by Gasteiger charge is 2.83. The molecule has 0 radical (unpaired) electrons. The van der Waals surface area contributed by atoms with E-state index in [0.29, 0.717) is 0 Å². The van der Waals surface area contributed by atoms with E-state index >= 15 is 0 Å². The number of hydrogen-bond acceptors (Lipinski definition) is 8. The zero-order valence-corrected chi connectivity index (χ0v) is 13.6. The van der Waals surface area contributed by atoms with Gasteiger partial charge in [-0.2, -0.15) is 0 Å². The van der Waals surface area contributed by atoms with Crippen LogP contribution in [0.2, 0.25) is 0 Å². The number of nitro groups is 4. The van der Waals surface area contributed by atoms with Gasteiger partial charge >= 0.3 is 5.79 Å². The molecule has 12 nitrogen and oxygen atoms in total. The normalized spacial score (nSPS) is 27.5. The van der Waals surface area contributed by atoms with Gasteiger partial charge in [0, 0.05) is 23.0 Å². The molecule has 0 spiro atoms. The van der Waals surface area contributed by atoms with E-state index in [9.17, 15) is 40.5 Å². The predicted molar refractivity (Wildman–Crippen MR) is 79.4 cm³/mol. The molecule has 0 amide bonds. The topological polar surface area (TPSA) is 173 Å². The summed E-state index contributed by atoms with van der Waals surface area (Å²) in [5, 5.41) is 45.6. The summed E-state index contributed by atoms with van der Waals surface area (Å²) in [4.78, 5) is 40.3. The van der Waals surface area contributed by atoms with Gasteiger partial charge in [-0.1, -0.05) is 0 Å². The Bertz CT molecular complexity index is 691. The molecule has 0 heterocycles. The number of rotatable bonds is 5. The van der Waals surface area contributed by atoms with Gasteiger partial charge in [0.05, 0.1) is 0 Å². The van der Waals surface area contributed by atoms with E-state index in [1.807, 2.05) is 0 Å². The van der Waals surface area contributed by atoms with Gasteiger partial charge in [-0.25, -0.2) is 0 Å². The van der Waals surface area contributed by atoms with Crippen LogP contribution in [0.25, 0.3) is 0 Å². The van der Waals surface area contributed by atoms with Gasteiger partial charge in [0.15, 0.2) is 14.8 Å². The molecular formula is C12H16N4O8. The first-order chi connectivity index (χ1) is 10.7. The Hall–Kier alpha value is -2.92. The van der Waals surface area contributed by atoms with Gasteiger partial charge in [0.1, 0.15) is 0 Å². The first-order valence-electron chi connectivity index (χ1n) is 6.68. The van der Waals surface area contributed by atoms with E-state index in [0.717, 1.165) is 13.0 Å². The molecule has 0 saturated heterocycles. The molecule has 1 aliphatic rings. The molecule has 12 heteroatoms. The van der Waals surface area contributed by atoms with Gasteiger partial charge in [0.25, 0.3) is 5.54 Å². The Morgan fingerprint density at radius 2 is 1.21 bits per heavy atom. The maximum Gasteiger partial charge on any atom is 0.712 e. The summed E-state index contributed by atoms with van der Waals surface area (Å²) >= 11 is 0. The minimum Gasteiger partial charge on any atom is -0.263 e. The lowest BCUT2D eigenvalue weighted by atomic mass is 9.64. The minimum atomic E-state index is -3.79. The molecule has 132 valence electrons. The van der Waals surface area contributed by atoms with Crippen LogP contribution in [0.3, 0.4) is 0 Å². The molecule has 0 saturated carbocycles. The zero-order valence-electron chi connectivity index (χ0n) is 13.6. The van der Waals surface area contributed by atoms with Crippen molar-refractivity contribution in [3.05, 3.63) is 63.3 Å². The maximum atomic E-state index is 11.4. The van der Waals surface area contributed by atoms with Crippen LogP contribution < -0.4 is 0 Å². The summed E-state index contributed by atoms with van der Waals surface area (Å²) in [5.74, 6) is -3.79. The van der Waals surface area contributed by atoms with Crippen molar-refractivity contribution < 1.29 is 19.7 Å². The SMILES string of the molecule is CC1=C[C@@](C)(C([N+](=O)[O-])([N+](=O)[O-])[N+](=O)[O-])C(C)=C(C)[C@@]1(C)[N+](=O)[O-]. The van der Waals surface area contributed by atoms with Gasteiger partial charge < -0.3 is 0 Å². The second-order valence-corrected chi connectivity index (χ2v) is 6.02. The van der Waals surface area contributed by atoms with Crippen LogP contribution >= 0.6 is 0 Å². The summed E-state index contributed by atoms with van der Waals surface area (Å²) in [7, 11) is 0. The average Bonchev–Trinajstić information content (AvgIpc) is 2.41. The van der Waals surface area contributed by atoms with Crippen LogP contribution in [0.1, 0.15) is 34.6 Å². The Kier molecular flexibility index (Phi) is 4.24. The van der Waals surface area contributed by atoms with Gasteiger partial charge in [-0.15, -0.1) is 0 Å². The van der Waals surface area contributed by atoms with Crippen molar-refractivity contribution in [2.45, 2.75) is 45.9 Å². The van der Waals surface area contributed by atoms with E-state index in [1.54, 1.807) is 0 Å². The summed E-state index contributed by atoms with van der Waals surface area (Å²) in [6.45, 7) is 5.97. The third-order valence-corrected chi connectivity index (χ3v) is 5.17. The number of hydrogen-bond donors (Lipinski definition) is 0. The summed E-state index contributed by atoms with van der Waals surface area (Å²) in [6, 6.07) is 0. The van der Waals surface area contributed by atoms with E-state index in [4.69, 9.17) is 0 Å². The van der Waals surface area contributed by atoms with Crippen molar-refractivity contribution in [1.82, 2.24) is 0 Å². The Balaban J connectivity index is 3.98. The summed E-state index contributed by atoms with van der Waals surface area (Å²) < 4.78 is 0. The fraction of sp³-hybridized carbons (Fsp3) is 0.667. The molecule has 0 aromatic carbocycles. The Morgan fingerprint density at radius 3 is 1.50 bits per heavy atom. The fourth-order valence-electron chi connectivity index (χ4n) is 3.13. The van der Waals surface area contributed by atoms with Gasteiger partial charge in [-0.3, -0.25) is 40.5 Å². The van der Waals surface area contributed by atoms with E-state index in [-0.39, 0.29) is 16.7 Å². The van der Waals surface area contributed by atoms with Crippen molar-refractivity contribution in [3.8, 4) is 0 Å². The molecule has 0 aliphatic heterocycles. The van der Waals surface area contributed by atoms with Crippen molar-refractivity contribution in [2.24, 2.45) is 5.41 Å². The molecule has 1 aliphatic carbocycles. The Morgan fingerprint density at radius 1 is 0.833 bits per heavy atom. The fourth-order valence-corrected chi connectivity index (χ4v) is 3.13. The first kappa shape index (κ1) is 19.1. The van der Waals surface area contributed by atoms with Crippen LogP contribution in [0.5, 0.6) is 0 Å². The minimum absolute atomic E-state index is 0.00933. The summed E-state index contributed by atoms with van der Waals surface area (Å²) in [5.41, 5.74) is -4.25. The van der Waals surface area contributed by atoms with Crippen molar-refractivity contribution in [2.75, 3.05) is 0 Å². The van der Waals surface area contributed by atoms with E-state index in [2.05, 4.69) is 0 Å². The maximum absolute atomic E-state index is 11.4. The average molecular weight is 344 g/mol. The molecular weight excluding hydrogens is 328 g/mol. The lowest BCUT2D eigenvalue weighted by Crippen LogP contribution is -2.65. The standard InChI is InChI=1S/C12H16N4O8/c1-7-6-10(4,8(2)9(3)11(7,5)13(17)18)12(14(19)20,15(21)22)16(23)24/h6H,1-5H3/t10-,11+/m1/s1. The summed E-state index contributed by atoms with van der Waals surface area (Å²) in [6.07, 6.45) is 0.895. The third-order valence-electron chi connectivity index (χ3n) is 5.17. The highest BCUT2D eigenvalue weighted by atomic mass is 16.7. The second-order valence-electron chi connectivity index (χ2n) is 6.02. The molecule has 0 fully saturated rings. The highest BCUT2D eigenvalue weighted by Crippen LogP contribution is 2.51. The van der Waals surface area contributed by atoms with Gasteiger partial charge in [0.2, 0.25) is 5.41 Å². The molecule has 0 N–H and O–H groups in total. The van der Waals surface area contributed by atoms with Crippen LogP contribution in [0.4, 0.5) is 0 Å². The van der Waals surface area contributed by atoms with E-state index < -0.39 is 36.4 Å². The molecule has 0 aromatic heterocycles. The quantitative estimate of drug-likeness (QED) is 0.314. The van der Waals surface area contributed by atoms with Crippen molar-refractivity contribution in [1.29, 1.82) is 0 Å². The molecule has 1 rings (SSSR count). The predicted octanol–water partition coefficient (Wildman–Crippen LogP) is 1.81. The molecule has 24 heavy (non-hydrogen) atoms. The van der Waals surface area contributed by atoms with Crippen molar-refractivity contribution in [3.63, 3.8) is 0 Å². The Labute approximate surface area is 135 Å². The van der Waals surface area contributed by atoms with Crippen LogP contribution in [0, 0.1) is 45.9 Å². The van der Waals surface area contributed by atoms with Crippen LogP contribution in [-0.2, 0) is 0 Å². The van der Waals surface area contributed by atoms with Crippen molar-refractivity contribution >= 4 is 0 Å². The molecule has 2 atom stereocenters. The number of nitrogens with zero attached hydrogens (tertiary/aromatic N) is 4. The highest BCUT2D eigenvalue weighted by molar-refractivity contribution is 5.43. The lowest BCUT2D eigenvalue weighted by Gasteiger charge is -2.36. The smallest absolute Gasteiger partial charge is 0.263 e. The molecule has 0 aromatic rings. The largest absolute Gasteiger partial charge is 0.712 e. The first-order valence-corrected chi connectivity index (χ1v) is 6.68. The van der Waals surface area contributed by atoms with Gasteiger partial charge in [-0.05, 0) is 39.3 Å². The van der Waals surface area contributed by atoms with E-state index in [1.165, 1.54) is 27.7 Å². The monoisotopic (exact) mass is 344 g/mol. The lowest BCUT2D eigenvalue weighted by molar-refractivity contribution is -0.982. The van der Waals surface area contributed by atoms with Crippen LogP contribution in [0.15, 0.2) is 22.8 Å². The van der Waals surface area contributed by atoms with Crippen LogP contribution in [-0.4, -0.2) is 31.0 Å². The second kappa shape index (κ2) is 5.32. The third kappa shape index (κ3) is 1.91. The molecule has 0 bridgehead atoms. The zero-order chi connectivity index (χ0) is 19.2.